The van der Waals surface area contributed by atoms with Crippen LogP contribution in [0.15, 0.2) is 12.3 Å². The van der Waals surface area contributed by atoms with E-state index in [2.05, 4.69) is 13.1 Å². The summed E-state index contributed by atoms with van der Waals surface area (Å²) in [6, 6.07) is 0. The van der Waals surface area contributed by atoms with Crippen LogP contribution >= 0.6 is 0 Å². The molecule has 2 heteroatoms. The molecule has 0 aliphatic heterocycles. The Labute approximate surface area is 46.7 Å². The minimum Gasteiger partial charge on any atom is -0.553 e. The standard InChI is InChI=1S/C5H12OSi/c1-4-5-6-7(2)3/h4-5,7H,1-3H3. The fourth-order valence-corrected chi connectivity index (χ4v) is 0.707. The average molecular weight is 116 g/mol. The zero-order valence-electron chi connectivity index (χ0n) is 5.14. The maximum Gasteiger partial charge on any atom is 0.228 e. The zero-order chi connectivity index (χ0) is 5.70. The monoisotopic (exact) mass is 116 g/mol. The number of hydrogen-bond donors (Lipinski definition) is 0. The summed E-state index contributed by atoms with van der Waals surface area (Å²) >= 11 is 0. The first kappa shape index (κ1) is 6.76. The molecule has 7 heavy (non-hydrogen) atoms. The van der Waals surface area contributed by atoms with Gasteiger partial charge in [0.1, 0.15) is 0 Å². The van der Waals surface area contributed by atoms with Crippen LogP contribution in [-0.2, 0) is 4.43 Å². The highest BCUT2D eigenvalue weighted by Gasteiger charge is 1.86. The summed E-state index contributed by atoms with van der Waals surface area (Å²) in [6.45, 7) is 6.23. The van der Waals surface area contributed by atoms with E-state index in [9.17, 15) is 0 Å². The summed E-state index contributed by atoms with van der Waals surface area (Å²) in [5.41, 5.74) is 0. The van der Waals surface area contributed by atoms with Crippen LogP contribution in [0.25, 0.3) is 0 Å². The van der Waals surface area contributed by atoms with Crippen LogP contribution in [0.4, 0.5) is 0 Å². The van der Waals surface area contributed by atoms with Crippen LogP contribution in [0.1, 0.15) is 6.92 Å². The summed E-state index contributed by atoms with van der Waals surface area (Å²) in [5.74, 6) is 0. The first-order valence-corrected chi connectivity index (χ1v) is 5.32. The van der Waals surface area contributed by atoms with Gasteiger partial charge >= 0.3 is 0 Å². The van der Waals surface area contributed by atoms with Crippen molar-refractivity contribution in [2.75, 3.05) is 0 Å². The van der Waals surface area contributed by atoms with Crippen molar-refractivity contribution in [3.63, 3.8) is 0 Å². The molecule has 0 atom stereocenters. The molecule has 0 aliphatic carbocycles. The second-order valence-corrected chi connectivity index (χ2v) is 4.02. The molecular formula is C5H12OSi. The van der Waals surface area contributed by atoms with Gasteiger partial charge in [0.05, 0.1) is 6.26 Å². The van der Waals surface area contributed by atoms with Crippen molar-refractivity contribution in [3.8, 4) is 0 Å². The van der Waals surface area contributed by atoms with E-state index >= 15 is 0 Å². The fraction of sp³-hybridized carbons (Fsp3) is 0.600. The summed E-state index contributed by atoms with van der Waals surface area (Å²) in [7, 11) is -0.775. The van der Waals surface area contributed by atoms with E-state index in [1.165, 1.54) is 0 Å². The largest absolute Gasteiger partial charge is 0.553 e. The molecule has 0 heterocycles. The lowest BCUT2D eigenvalue weighted by Gasteiger charge is -1.98. The number of rotatable bonds is 2. The second-order valence-electron chi connectivity index (χ2n) is 1.65. The molecule has 1 nitrogen and oxygen atoms in total. The van der Waals surface area contributed by atoms with Crippen LogP contribution in [0.5, 0.6) is 0 Å². The van der Waals surface area contributed by atoms with Gasteiger partial charge in [-0.25, -0.2) is 0 Å². The quantitative estimate of drug-likeness (QED) is 0.392. The van der Waals surface area contributed by atoms with E-state index < -0.39 is 9.04 Å². The lowest BCUT2D eigenvalue weighted by molar-refractivity contribution is 0.500. The Hall–Kier alpha value is -0.243. The normalized spacial score (nSPS) is 10.9. The van der Waals surface area contributed by atoms with Crippen molar-refractivity contribution < 1.29 is 4.43 Å². The molecule has 0 aromatic rings. The number of hydrogen-bond acceptors (Lipinski definition) is 1. The summed E-state index contributed by atoms with van der Waals surface area (Å²) in [4.78, 5) is 0. The molecule has 0 saturated carbocycles. The molecule has 0 aliphatic rings. The van der Waals surface area contributed by atoms with Gasteiger partial charge in [0.15, 0.2) is 0 Å². The van der Waals surface area contributed by atoms with Gasteiger partial charge in [-0.1, -0.05) is 6.08 Å². The van der Waals surface area contributed by atoms with Gasteiger partial charge < -0.3 is 4.43 Å². The van der Waals surface area contributed by atoms with E-state index in [4.69, 9.17) is 4.43 Å². The smallest absolute Gasteiger partial charge is 0.228 e. The van der Waals surface area contributed by atoms with Crippen molar-refractivity contribution in [1.82, 2.24) is 0 Å². The molecule has 0 fully saturated rings. The maximum absolute atomic E-state index is 5.15. The third kappa shape index (κ3) is 5.76. The summed E-state index contributed by atoms with van der Waals surface area (Å²) < 4.78 is 5.15. The van der Waals surface area contributed by atoms with Gasteiger partial charge in [-0.2, -0.15) is 0 Å². The molecule has 0 N–H and O–H groups in total. The Balaban J connectivity index is 2.97. The highest BCUT2D eigenvalue weighted by atomic mass is 28.3. The first-order chi connectivity index (χ1) is 3.27. The van der Waals surface area contributed by atoms with Gasteiger partial charge in [-0.3, -0.25) is 0 Å². The minimum atomic E-state index is -0.775. The average Bonchev–Trinajstić information content (AvgIpc) is 1.61. The van der Waals surface area contributed by atoms with Crippen LogP contribution in [-0.4, -0.2) is 9.04 Å². The highest BCUT2D eigenvalue weighted by Crippen LogP contribution is 1.82. The Bertz CT molecular complexity index is 59.1. The van der Waals surface area contributed by atoms with E-state index in [-0.39, 0.29) is 0 Å². The first-order valence-electron chi connectivity index (χ1n) is 2.54. The van der Waals surface area contributed by atoms with Gasteiger partial charge in [0.25, 0.3) is 0 Å². The lowest BCUT2D eigenvalue weighted by Crippen LogP contribution is -2.00. The van der Waals surface area contributed by atoms with Crippen molar-refractivity contribution in [1.29, 1.82) is 0 Å². The van der Waals surface area contributed by atoms with E-state index in [1.54, 1.807) is 6.26 Å². The van der Waals surface area contributed by atoms with Gasteiger partial charge in [-0.15, -0.1) is 0 Å². The molecule has 0 aromatic heterocycles. The Morgan fingerprint density at radius 3 is 2.14 bits per heavy atom. The van der Waals surface area contributed by atoms with Crippen molar-refractivity contribution in [3.05, 3.63) is 12.3 Å². The molecule has 0 spiro atoms. The predicted octanol–water partition coefficient (Wildman–Crippen LogP) is 1.52. The van der Waals surface area contributed by atoms with E-state index in [1.807, 2.05) is 13.0 Å². The fourth-order valence-electron chi connectivity index (χ4n) is 0.236. The van der Waals surface area contributed by atoms with Crippen molar-refractivity contribution >= 4 is 9.04 Å². The molecule has 0 bridgehead atoms. The molecule has 0 aromatic carbocycles. The van der Waals surface area contributed by atoms with E-state index in [0.29, 0.717) is 0 Å². The van der Waals surface area contributed by atoms with Crippen molar-refractivity contribution in [2.24, 2.45) is 0 Å². The minimum absolute atomic E-state index is 0.775. The topological polar surface area (TPSA) is 9.23 Å². The predicted molar refractivity (Wildman–Crippen MR) is 34.8 cm³/mol. The third-order valence-corrected chi connectivity index (χ3v) is 1.19. The maximum atomic E-state index is 5.15. The van der Waals surface area contributed by atoms with Crippen LogP contribution in [0, 0.1) is 0 Å². The van der Waals surface area contributed by atoms with Crippen molar-refractivity contribution in [2.45, 2.75) is 20.0 Å². The third-order valence-electron chi connectivity index (χ3n) is 0.487. The molecule has 42 valence electrons. The molecule has 0 unspecified atom stereocenters. The zero-order valence-corrected chi connectivity index (χ0v) is 6.29. The Morgan fingerprint density at radius 1 is 1.43 bits per heavy atom. The number of allylic oxidation sites excluding steroid dienone is 1. The summed E-state index contributed by atoms with van der Waals surface area (Å²) in [6.07, 6.45) is 3.67. The SMILES string of the molecule is CC=CO[SiH](C)C. The Kier molecular flexibility index (Phi) is 3.79. The second kappa shape index (κ2) is 3.93. The Morgan fingerprint density at radius 2 is 2.00 bits per heavy atom. The molecule has 0 rings (SSSR count). The van der Waals surface area contributed by atoms with Crippen LogP contribution in [0.2, 0.25) is 13.1 Å². The van der Waals surface area contributed by atoms with Crippen LogP contribution in [0.3, 0.4) is 0 Å². The summed E-state index contributed by atoms with van der Waals surface area (Å²) in [5, 5.41) is 0. The highest BCUT2D eigenvalue weighted by molar-refractivity contribution is 6.48. The van der Waals surface area contributed by atoms with Crippen LogP contribution < -0.4 is 0 Å². The molecular weight excluding hydrogens is 104 g/mol. The lowest BCUT2D eigenvalue weighted by atomic mass is 10.8. The van der Waals surface area contributed by atoms with Gasteiger partial charge in [-0.05, 0) is 20.0 Å². The molecule has 0 amide bonds. The van der Waals surface area contributed by atoms with Gasteiger partial charge in [0, 0.05) is 0 Å². The van der Waals surface area contributed by atoms with Gasteiger partial charge in [0.2, 0.25) is 9.04 Å². The molecule has 0 saturated heterocycles. The molecule has 0 radical (unpaired) electrons. The van der Waals surface area contributed by atoms with E-state index in [0.717, 1.165) is 0 Å².